The Kier molecular flexibility index (Phi) is 2.88. The molecule has 0 aliphatic carbocycles. The van der Waals surface area contributed by atoms with Crippen LogP contribution in [0.15, 0.2) is 34.7 Å². The van der Waals surface area contributed by atoms with Crippen LogP contribution >= 0.6 is 22.9 Å². The van der Waals surface area contributed by atoms with Crippen LogP contribution < -0.4 is 0 Å². The normalized spacial score (nSPS) is 12.1. The zero-order valence-corrected chi connectivity index (χ0v) is 12.2. The minimum absolute atomic E-state index is 0.145. The number of hydrogen-bond donors (Lipinski definition) is 0. The quantitative estimate of drug-likeness (QED) is 0.731. The molecule has 7 heteroatoms. The van der Waals surface area contributed by atoms with Crippen LogP contribution in [0.3, 0.4) is 0 Å². The average molecular weight is 312 g/mol. The number of hydrogen-bond acceptors (Lipinski definition) is 4. The first-order chi connectivity index (χ1) is 8.97. The van der Waals surface area contributed by atoms with E-state index in [-0.39, 0.29) is 4.90 Å². The highest BCUT2D eigenvalue weighted by Gasteiger charge is 2.15. The van der Waals surface area contributed by atoms with Gasteiger partial charge in [-0.1, -0.05) is 23.7 Å². The molecule has 0 spiro atoms. The molecule has 3 rings (SSSR count). The van der Waals surface area contributed by atoms with Gasteiger partial charge in [-0.05, 0) is 6.07 Å². The van der Waals surface area contributed by atoms with Crippen molar-refractivity contribution in [2.24, 2.45) is 0 Å². The smallest absolute Gasteiger partial charge is 0.195 e. The van der Waals surface area contributed by atoms with Gasteiger partial charge in [0, 0.05) is 29.5 Å². The van der Waals surface area contributed by atoms with Gasteiger partial charge in [-0.3, -0.25) is 4.40 Å². The van der Waals surface area contributed by atoms with Gasteiger partial charge in [-0.15, -0.1) is 11.3 Å². The van der Waals surface area contributed by atoms with E-state index in [4.69, 9.17) is 11.6 Å². The molecule has 4 nitrogen and oxygen atoms in total. The maximum absolute atomic E-state index is 11.6. The average Bonchev–Trinajstić information content (AvgIpc) is 2.87. The SMILES string of the molecule is CS(=O)(=O)c1[c]ccc(-c2c(Cl)nc3sccn23)c1. The Morgan fingerprint density at radius 1 is 1.47 bits per heavy atom. The molecule has 0 atom stereocenters. The van der Waals surface area contributed by atoms with Crippen molar-refractivity contribution >= 4 is 37.7 Å². The van der Waals surface area contributed by atoms with Crippen LogP contribution in [0, 0.1) is 6.07 Å². The molecule has 0 aliphatic rings. The molecule has 2 heterocycles. The van der Waals surface area contributed by atoms with Crippen molar-refractivity contribution in [3.63, 3.8) is 0 Å². The second-order valence-corrected chi connectivity index (χ2v) is 7.24. The summed E-state index contributed by atoms with van der Waals surface area (Å²) in [5, 5.41) is 2.26. The molecule has 19 heavy (non-hydrogen) atoms. The van der Waals surface area contributed by atoms with Gasteiger partial charge >= 0.3 is 0 Å². The van der Waals surface area contributed by atoms with Gasteiger partial charge in [-0.25, -0.2) is 13.4 Å². The van der Waals surface area contributed by atoms with Crippen LogP contribution in [0.1, 0.15) is 0 Å². The van der Waals surface area contributed by atoms with E-state index in [2.05, 4.69) is 11.1 Å². The van der Waals surface area contributed by atoms with Crippen molar-refractivity contribution < 1.29 is 8.42 Å². The Morgan fingerprint density at radius 2 is 2.26 bits per heavy atom. The fraction of sp³-hybridized carbons (Fsp3) is 0.0833. The van der Waals surface area contributed by atoms with Crippen LogP contribution in [0.2, 0.25) is 5.15 Å². The zero-order chi connectivity index (χ0) is 13.6. The zero-order valence-electron chi connectivity index (χ0n) is 9.79. The van der Waals surface area contributed by atoms with E-state index in [0.717, 1.165) is 11.2 Å². The lowest BCUT2D eigenvalue weighted by molar-refractivity contribution is 0.602. The number of benzene rings is 1. The lowest BCUT2D eigenvalue weighted by atomic mass is 10.2. The van der Waals surface area contributed by atoms with Gasteiger partial charge in [-0.2, -0.15) is 0 Å². The van der Waals surface area contributed by atoms with Crippen molar-refractivity contribution in [2.75, 3.05) is 6.26 Å². The summed E-state index contributed by atoms with van der Waals surface area (Å²) in [6, 6.07) is 7.61. The minimum atomic E-state index is -3.29. The Labute approximate surface area is 119 Å². The molecular weight excluding hydrogens is 304 g/mol. The third-order valence-electron chi connectivity index (χ3n) is 2.67. The predicted octanol–water partition coefficient (Wildman–Crippen LogP) is 2.92. The Morgan fingerprint density at radius 3 is 3.00 bits per heavy atom. The van der Waals surface area contributed by atoms with Crippen LogP contribution in [0.4, 0.5) is 0 Å². The number of sulfone groups is 1. The summed E-state index contributed by atoms with van der Waals surface area (Å²) in [6.07, 6.45) is 3.01. The Balaban J connectivity index is 2.27. The summed E-state index contributed by atoms with van der Waals surface area (Å²) in [5.41, 5.74) is 1.40. The molecule has 0 amide bonds. The van der Waals surface area contributed by atoms with Gasteiger partial charge in [0.25, 0.3) is 0 Å². The van der Waals surface area contributed by atoms with E-state index in [9.17, 15) is 8.42 Å². The van der Waals surface area contributed by atoms with Crippen LogP contribution in [0.25, 0.3) is 16.2 Å². The molecular formula is C12H8ClN2O2S2. The summed E-state index contributed by atoms with van der Waals surface area (Å²) in [5.74, 6) is 0. The van der Waals surface area contributed by atoms with Crippen molar-refractivity contribution in [3.8, 4) is 11.3 Å². The van der Waals surface area contributed by atoms with Gasteiger partial charge in [0.05, 0.1) is 10.6 Å². The van der Waals surface area contributed by atoms with E-state index in [1.807, 2.05) is 16.0 Å². The van der Waals surface area contributed by atoms with E-state index >= 15 is 0 Å². The van der Waals surface area contributed by atoms with Crippen molar-refractivity contribution in [1.29, 1.82) is 0 Å². The molecule has 0 fully saturated rings. The largest absolute Gasteiger partial charge is 0.289 e. The van der Waals surface area contributed by atoms with Crippen molar-refractivity contribution in [1.82, 2.24) is 9.38 Å². The Hall–Kier alpha value is -1.37. The molecule has 0 saturated carbocycles. The standard InChI is InChI=1S/C12H8ClN2O2S2/c1-19(16,17)9-4-2-3-8(7-9)10-11(13)14-12-15(10)5-6-18-12/h2-3,5-7H,1H3. The van der Waals surface area contributed by atoms with E-state index < -0.39 is 9.84 Å². The van der Waals surface area contributed by atoms with E-state index in [0.29, 0.717) is 16.4 Å². The van der Waals surface area contributed by atoms with Gasteiger partial charge in [0.2, 0.25) is 0 Å². The summed E-state index contributed by atoms with van der Waals surface area (Å²) in [7, 11) is -3.29. The first-order valence-electron chi connectivity index (χ1n) is 5.30. The lowest BCUT2D eigenvalue weighted by Crippen LogP contribution is -1.97. The van der Waals surface area contributed by atoms with Crippen LogP contribution in [0.5, 0.6) is 0 Å². The molecule has 97 valence electrons. The molecule has 0 unspecified atom stereocenters. The highest BCUT2D eigenvalue weighted by molar-refractivity contribution is 7.90. The van der Waals surface area contributed by atoms with Crippen LogP contribution in [-0.2, 0) is 9.84 Å². The number of imidazole rings is 1. The topological polar surface area (TPSA) is 51.4 Å². The lowest BCUT2D eigenvalue weighted by Gasteiger charge is -2.03. The van der Waals surface area contributed by atoms with E-state index in [1.54, 1.807) is 18.2 Å². The van der Waals surface area contributed by atoms with Crippen molar-refractivity contribution in [2.45, 2.75) is 4.90 Å². The minimum Gasteiger partial charge on any atom is -0.289 e. The van der Waals surface area contributed by atoms with Crippen LogP contribution in [-0.4, -0.2) is 24.1 Å². The number of rotatable bonds is 2. The number of aromatic nitrogens is 2. The van der Waals surface area contributed by atoms with Gasteiger partial charge < -0.3 is 0 Å². The molecule has 1 radical (unpaired) electrons. The first-order valence-corrected chi connectivity index (χ1v) is 8.45. The van der Waals surface area contributed by atoms with E-state index in [1.165, 1.54) is 11.3 Å². The third kappa shape index (κ3) is 2.16. The monoisotopic (exact) mass is 311 g/mol. The fourth-order valence-corrected chi connectivity index (χ4v) is 3.49. The van der Waals surface area contributed by atoms with Gasteiger partial charge in [0.1, 0.15) is 0 Å². The van der Waals surface area contributed by atoms with Crippen molar-refractivity contribution in [3.05, 3.63) is 41.0 Å². The number of halogens is 1. The fourth-order valence-electron chi connectivity index (χ4n) is 1.82. The number of nitrogens with zero attached hydrogens (tertiary/aromatic N) is 2. The molecule has 0 saturated heterocycles. The molecule has 3 aromatic rings. The number of thiazole rings is 1. The third-order valence-corrected chi connectivity index (χ3v) is 4.72. The maximum Gasteiger partial charge on any atom is 0.195 e. The summed E-state index contributed by atoms with van der Waals surface area (Å²) in [6.45, 7) is 0. The molecule has 0 bridgehead atoms. The molecule has 2 aromatic heterocycles. The molecule has 1 aromatic carbocycles. The highest BCUT2D eigenvalue weighted by atomic mass is 35.5. The summed E-state index contributed by atoms with van der Waals surface area (Å²) in [4.78, 5) is 5.15. The highest BCUT2D eigenvalue weighted by Crippen LogP contribution is 2.31. The second kappa shape index (κ2) is 4.33. The summed E-state index contributed by atoms with van der Waals surface area (Å²) >= 11 is 7.59. The van der Waals surface area contributed by atoms with Gasteiger partial charge in [0.15, 0.2) is 20.0 Å². The predicted molar refractivity (Wildman–Crippen MR) is 75.5 cm³/mol. The Bertz CT molecular complexity index is 865. The summed E-state index contributed by atoms with van der Waals surface area (Å²) < 4.78 is 25.0. The molecule has 0 N–H and O–H groups in total. The first kappa shape index (κ1) is 12.7. The maximum atomic E-state index is 11.6. The molecule has 0 aliphatic heterocycles. The number of fused-ring (bicyclic) bond motifs is 1. The second-order valence-electron chi connectivity index (χ2n) is 4.02.